The molecule has 0 radical (unpaired) electrons. The molecule has 0 aromatic carbocycles. The van der Waals surface area contributed by atoms with Gasteiger partial charge in [0.15, 0.2) is 0 Å². The van der Waals surface area contributed by atoms with Crippen LogP contribution in [0.15, 0.2) is 0 Å². The van der Waals surface area contributed by atoms with Crippen molar-refractivity contribution < 1.29 is 14.7 Å². The Morgan fingerprint density at radius 3 is 2.09 bits per heavy atom. The van der Waals surface area contributed by atoms with Crippen LogP contribution in [-0.4, -0.2) is 62.3 Å². The zero-order valence-electron chi connectivity index (χ0n) is 14.8. The first-order valence-corrected chi connectivity index (χ1v) is 8.27. The minimum Gasteiger partial charge on any atom is -0.662 e. The molecule has 0 saturated heterocycles. The van der Waals surface area contributed by atoms with Crippen LogP contribution in [0.4, 0.5) is 0 Å². The molecule has 0 aromatic rings. The standard InChI is InChI=1S/C16H32N4O3/c1-12(17-3)9-15(22)19-8-6-5-7-14(11-21)20-16(23)10-13(2)18-4/h12-14,21H,5-11H2,1-4H3,(H,19,22)(H,20,23)/q-2. The quantitative estimate of drug-likeness (QED) is 0.444. The van der Waals surface area contributed by atoms with Crippen LogP contribution in [-0.2, 0) is 9.59 Å². The molecule has 7 heteroatoms. The van der Waals surface area contributed by atoms with Gasteiger partial charge in [0.1, 0.15) is 0 Å². The molecule has 3 unspecified atom stereocenters. The van der Waals surface area contributed by atoms with Gasteiger partial charge in [-0.15, -0.1) is 12.1 Å². The maximum absolute atomic E-state index is 11.7. The molecule has 3 atom stereocenters. The Morgan fingerprint density at radius 2 is 1.57 bits per heavy atom. The lowest BCUT2D eigenvalue weighted by Gasteiger charge is -2.24. The maximum Gasteiger partial charge on any atom is 0.218 e. The van der Waals surface area contributed by atoms with Gasteiger partial charge in [0.05, 0.1) is 12.6 Å². The van der Waals surface area contributed by atoms with E-state index in [1.165, 1.54) is 0 Å². The second-order valence-electron chi connectivity index (χ2n) is 5.92. The number of carbonyl (C=O) groups is 2. The molecule has 23 heavy (non-hydrogen) atoms. The smallest absolute Gasteiger partial charge is 0.218 e. The second-order valence-corrected chi connectivity index (χ2v) is 5.92. The van der Waals surface area contributed by atoms with Gasteiger partial charge in [0.25, 0.3) is 0 Å². The Morgan fingerprint density at radius 1 is 1.00 bits per heavy atom. The molecule has 0 aromatic heterocycles. The van der Waals surface area contributed by atoms with Crippen LogP contribution < -0.4 is 10.6 Å². The summed E-state index contributed by atoms with van der Waals surface area (Å²) in [4.78, 5) is 23.3. The van der Waals surface area contributed by atoms with Crippen LogP contribution in [0.2, 0.25) is 0 Å². The fourth-order valence-corrected chi connectivity index (χ4v) is 2.03. The van der Waals surface area contributed by atoms with Crippen molar-refractivity contribution in [3.05, 3.63) is 10.6 Å². The van der Waals surface area contributed by atoms with Gasteiger partial charge in [-0.3, -0.25) is 9.59 Å². The number of unbranched alkanes of at least 4 members (excludes halogenated alkanes) is 1. The highest BCUT2D eigenvalue weighted by atomic mass is 16.3. The predicted octanol–water partition coefficient (Wildman–Crippen LogP) is 1.31. The third kappa shape index (κ3) is 12.0. The topological polar surface area (TPSA) is 107 Å². The van der Waals surface area contributed by atoms with E-state index in [-0.39, 0.29) is 36.5 Å². The van der Waals surface area contributed by atoms with Crippen molar-refractivity contribution in [3.63, 3.8) is 0 Å². The zero-order chi connectivity index (χ0) is 17.7. The van der Waals surface area contributed by atoms with E-state index in [0.717, 1.165) is 12.8 Å². The lowest BCUT2D eigenvalue weighted by atomic mass is 10.1. The average molecular weight is 328 g/mol. The molecule has 2 amide bonds. The number of aliphatic hydroxyl groups is 1. The van der Waals surface area contributed by atoms with E-state index in [1.54, 1.807) is 14.1 Å². The summed E-state index contributed by atoms with van der Waals surface area (Å²) in [6, 6.07) is -0.204. The van der Waals surface area contributed by atoms with Gasteiger partial charge in [-0.1, -0.05) is 13.8 Å². The van der Waals surface area contributed by atoms with Crippen LogP contribution in [0.3, 0.4) is 0 Å². The number of amides is 2. The van der Waals surface area contributed by atoms with E-state index in [9.17, 15) is 14.7 Å². The molecule has 3 N–H and O–H groups in total. The average Bonchev–Trinajstić information content (AvgIpc) is 2.52. The van der Waals surface area contributed by atoms with Gasteiger partial charge < -0.3 is 26.4 Å². The van der Waals surface area contributed by atoms with E-state index in [0.29, 0.717) is 25.8 Å². The summed E-state index contributed by atoms with van der Waals surface area (Å²) < 4.78 is 0. The fourth-order valence-electron chi connectivity index (χ4n) is 2.03. The molecule has 0 fully saturated rings. The summed E-state index contributed by atoms with van der Waals surface area (Å²) >= 11 is 0. The Labute approximate surface area is 140 Å². The number of hydrogen-bond acceptors (Lipinski definition) is 3. The molecule has 0 aliphatic heterocycles. The maximum atomic E-state index is 11.7. The van der Waals surface area contributed by atoms with E-state index >= 15 is 0 Å². The summed E-state index contributed by atoms with van der Waals surface area (Å²) in [7, 11) is 3.39. The SMILES string of the molecule is C[N-]C(C)CC(=O)NCCCCC(CO)NC(=O)CC(C)[N-]C. The third-order valence-electron chi connectivity index (χ3n) is 3.73. The van der Waals surface area contributed by atoms with Crippen LogP contribution in [0.1, 0.15) is 46.0 Å². The molecule has 7 nitrogen and oxygen atoms in total. The van der Waals surface area contributed by atoms with E-state index in [4.69, 9.17) is 0 Å². The zero-order valence-corrected chi connectivity index (χ0v) is 14.8. The van der Waals surface area contributed by atoms with Gasteiger partial charge in [0, 0.05) is 19.4 Å². The fraction of sp³-hybridized carbons (Fsp3) is 0.875. The molecule has 0 bridgehead atoms. The van der Waals surface area contributed by atoms with Gasteiger partial charge in [-0.25, -0.2) is 0 Å². The van der Waals surface area contributed by atoms with E-state index in [2.05, 4.69) is 21.3 Å². The molecule has 0 saturated carbocycles. The largest absolute Gasteiger partial charge is 0.662 e. The third-order valence-corrected chi connectivity index (χ3v) is 3.73. The number of hydrogen-bond donors (Lipinski definition) is 3. The lowest BCUT2D eigenvalue weighted by molar-refractivity contribution is -0.122. The van der Waals surface area contributed by atoms with E-state index < -0.39 is 0 Å². The lowest BCUT2D eigenvalue weighted by Crippen LogP contribution is -2.38. The first-order chi connectivity index (χ1) is 10.9. The molecule has 0 rings (SSSR count). The molecule has 0 heterocycles. The molecular formula is C16H32N4O3-2. The number of carbonyl (C=O) groups excluding carboxylic acids is 2. The number of nitrogens with zero attached hydrogens (tertiary/aromatic N) is 2. The van der Waals surface area contributed by atoms with Gasteiger partial charge >= 0.3 is 0 Å². The normalized spacial score (nSPS) is 14.8. The van der Waals surface area contributed by atoms with Gasteiger partial charge in [-0.2, -0.15) is 14.1 Å². The van der Waals surface area contributed by atoms with E-state index in [1.807, 2.05) is 13.8 Å². The van der Waals surface area contributed by atoms with Crippen molar-refractivity contribution in [2.75, 3.05) is 27.2 Å². The highest BCUT2D eigenvalue weighted by molar-refractivity contribution is 5.77. The highest BCUT2D eigenvalue weighted by Gasteiger charge is 2.11. The minimum absolute atomic E-state index is 0.00686. The monoisotopic (exact) mass is 328 g/mol. The second kappa shape index (κ2) is 13.3. The van der Waals surface area contributed by atoms with Crippen molar-refractivity contribution in [1.29, 1.82) is 0 Å². The van der Waals surface area contributed by atoms with Crippen LogP contribution >= 0.6 is 0 Å². The Bertz CT molecular complexity index is 339. The first kappa shape index (κ1) is 21.8. The van der Waals surface area contributed by atoms with Crippen molar-refractivity contribution >= 4 is 11.8 Å². The van der Waals surface area contributed by atoms with Crippen LogP contribution in [0, 0.1) is 0 Å². The van der Waals surface area contributed by atoms with Crippen molar-refractivity contribution in [2.45, 2.75) is 64.1 Å². The summed E-state index contributed by atoms with van der Waals surface area (Å²) in [5, 5.41) is 23.0. The Kier molecular flexibility index (Phi) is 12.6. The summed E-state index contributed by atoms with van der Waals surface area (Å²) in [6.07, 6.45) is 3.08. The molecule has 136 valence electrons. The summed E-state index contributed by atoms with van der Waals surface area (Å²) in [5.41, 5.74) is 0. The van der Waals surface area contributed by atoms with Gasteiger partial charge in [-0.05, 0) is 19.3 Å². The summed E-state index contributed by atoms with van der Waals surface area (Å²) in [5.74, 6) is -0.0832. The number of aliphatic hydroxyl groups excluding tert-OH is 1. The highest BCUT2D eigenvalue weighted by Crippen LogP contribution is 2.04. The number of rotatable bonds is 13. The molecule has 0 aliphatic rings. The van der Waals surface area contributed by atoms with Gasteiger partial charge in [0.2, 0.25) is 11.8 Å². The van der Waals surface area contributed by atoms with Crippen molar-refractivity contribution in [3.8, 4) is 0 Å². The predicted molar refractivity (Wildman–Crippen MR) is 92.6 cm³/mol. The Hall–Kier alpha value is -1.18. The molecular weight excluding hydrogens is 296 g/mol. The molecule has 0 aliphatic carbocycles. The number of nitrogens with one attached hydrogen (secondary N) is 2. The van der Waals surface area contributed by atoms with Crippen molar-refractivity contribution in [2.24, 2.45) is 0 Å². The minimum atomic E-state index is -0.235. The van der Waals surface area contributed by atoms with Crippen LogP contribution in [0.5, 0.6) is 0 Å². The van der Waals surface area contributed by atoms with Crippen LogP contribution in [0.25, 0.3) is 10.6 Å². The van der Waals surface area contributed by atoms with Crippen molar-refractivity contribution in [1.82, 2.24) is 10.6 Å². The molecule has 0 spiro atoms. The first-order valence-electron chi connectivity index (χ1n) is 8.27. The summed E-state index contributed by atoms with van der Waals surface area (Å²) in [6.45, 7) is 4.31. The Balaban J connectivity index is 3.79.